The second-order valence-corrected chi connectivity index (χ2v) is 5.69. The molecule has 4 nitrogen and oxygen atoms in total. The van der Waals surface area contributed by atoms with E-state index in [2.05, 4.69) is 47.7 Å². The number of likely N-dealkylation sites (N-methyl/N-ethyl adjacent to an activating group) is 1. The van der Waals surface area contributed by atoms with Gasteiger partial charge in [0.1, 0.15) is 0 Å². The normalized spacial score (nSPS) is 11.6. The van der Waals surface area contributed by atoms with Gasteiger partial charge in [0.05, 0.1) is 0 Å². The quantitative estimate of drug-likeness (QED) is 0.269. The average Bonchev–Trinajstić information content (AvgIpc) is 2.36. The van der Waals surface area contributed by atoms with Crippen LogP contribution in [0.15, 0.2) is 4.99 Å². The fraction of sp³-hybridized carbons (Fsp3) is 0.923. The predicted octanol–water partition coefficient (Wildman–Crippen LogP) is 2.25. The monoisotopic (exact) mass is 402 g/mol. The van der Waals surface area contributed by atoms with Crippen LogP contribution in [0.4, 0.5) is 0 Å². The molecular weight excluding hydrogens is 371 g/mol. The maximum atomic E-state index is 4.22. The molecule has 0 aromatic carbocycles. The van der Waals surface area contributed by atoms with Crippen molar-refractivity contribution in [3.8, 4) is 0 Å². The van der Waals surface area contributed by atoms with E-state index in [9.17, 15) is 0 Å². The minimum absolute atomic E-state index is 0. The van der Waals surface area contributed by atoms with Gasteiger partial charge in [-0.1, -0.05) is 0 Å². The Bertz CT molecular complexity index is 225. The van der Waals surface area contributed by atoms with Gasteiger partial charge >= 0.3 is 0 Å². The van der Waals surface area contributed by atoms with Crippen LogP contribution in [0.5, 0.6) is 0 Å². The summed E-state index contributed by atoms with van der Waals surface area (Å²) in [6, 6.07) is 0.591. The van der Waals surface area contributed by atoms with Crippen molar-refractivity contribution in [1.82, 2.24) is 15.5 Å². The maximum Gasteiger partial charge on any atom is 0.191 e. The Kier molecular flexibility index (Phi) is 16.7. The third kappa shape index (κ3) is 13.1. The van der Waals surface area contributed by atoms with Crippen molar-refractivity contribution in [2.45, 2.75) is 32.7 Å². The zero-order valence-electron chi connectivity index (χ0n) is 13.0. The van der Waals surface area contributed by atoms with Gasteiger partial charge in [0.25, 0.3) is 0 Å². The molecule has 0 radical (unpaired) electrons. The molecular formula is C13H31IN4S. The van der Waals surface area contributed by atoms with E-state index in [-0.39, 0.29) is 24.0 Å². The van der Waals surface area contributed by atoms with Gasteiger partial charge in [0.15, 0.2) is 5.96 Å². The molecule has 0 rings (SSSR count). The van der Waals surface area contributed by atoms with Crippen molar-refractivity contribution in [2.24, 2.45) is 4.99 Å². The summed E-state index contributed by atoms with van der Waals surface area (Å²) in [5.41, 5.74) is 0. The third-order valence-electron chi connectivity index (χ3n) is 2.93. The van der Waals surface area contributed by atoms with Crippen molar-refractivity contribution < 1.29 is 0 Å². The zero-order valence-corrected chi connectivity index (χ0v) is 16.2. The van der Waals surface area contributed by atoms with Crippen LogP contribution in [-0.4, -0.2) is 62.6 Å². The molecule has 0 atom stereocenters. The number of guanidine groups is 1. The third-order valence-corrected chi connectivity index (χ3v) is 3.63. The summed E-state index contributed by atoms with van der Waals surface area (Å²) in [6.45, 7) is 7.38. The summed E-state index contributed by atoms with van der Waals surface area (Å²) in [4.78, 5) is 6.54. The van der Waals surface area contributed by atoms with Crippen molar-refractivity contribution in [2.75, 3.05) is 45.7 Å². The highest BCUT2D eigenvalue weighted by Gasteiger charge is 2.02. The summed E-state index contributed by atoms with van der Waals surface area (Å²) >= 11 is 1.91. The minimum Gasteiger partial charge on any atom is -0.356 e. The SMILES string of the molecule is CN=C(NCCCCSC)NCCN(C)C(C)C.I. The first-order valence-corrected chi connectivity index (χ1v) is 8.15. The Hall–Kier alpha value is 0.310. The van der Waals surface area contributed by atoms with Crippen LogP contribution in [-0.2, 0) is 0 Å². The first-order chi connectivity index (χ1) is 8.61. The number of hydrogen-bond donors (Lipinski definition) is 2. The van der Waals surface area contributed by atoms with E-state index in [4.69, 9.17) is 0 Å². The van der Waals surface area contributed by atoms with Crippen LogP contribution in [0.2, 0.25) is 0 Å². The molecule has 0 saturated heterocycles. The molecule has 0 aromatic heterocycles. The number of nitrogens with zero attached hydrogens (tertiary/aromatic N) is 2. The van der Waals surface area contributed by atoms with Crippen LogP contribution in [0, 0.1) is 0 Å². The molecule has 116 valence electrons. The van der Waals surface area contributed by atoms with Gasteiger partial charge in [-0.05, 0) is 45.7 Å². The Labute approximate surface area is 140 Å². The number of thioether (sulfide) groups is 1. The van der Waals surface area contributed by atoms with Crippen LogP contribution in [0.3, 0.4) is 0 Å². The van der Waals surface area contributed by atoms with Crippen LogP contribution >= 0.6 is 35.7 Å². The lowest BCUT2D eigenvalue weighted by Crippen LogP contribution is -2.42. The number of nitrogens with one attached hydrogen (secondary N) is 2. The van der Waals surface area contributed by atoms with Crippen molar-refractivity contribution in [3.63, 3.8) is 0 Å². The molecule has 0 aliphatic carbocycles. The van der Waals surface area contributed by atoms with E-state index in [1.54, 1.807) is 0 Å². The highest BCUT2D eigenvalue weighted by Crippen LogP contribution is 1.97. The summed E-state index contributed by atoms with van der Waals surface area (Å²) in [5, 5.41) is 6.68. The zero-order chi connectivity index (χ0) is 13.8. The van der Waals surface area contributed by atoms with Gasteiger partial charge < -0.3 is 15.5 Å². The number of unbranched alkanes of at least 4 members (excludes halogenated alkanes) is 1. The van der Waals surface area contributed by atoms with E-state index in [1.165, 1.54) is 18.6 Å². The Morgan fingerprint density at radius 3 is 2.37 bits per heavy atom. The highest BCUT2D eigenvalue weighted by atomic mass is 127. The highest BCUT2D eigenvalue weighted by molar-refractivity contribution is 14.0. The number of halogens is 1. The largest absolute Gasteiger partial charge is 0.356 e. The van der Waals surface area contributed by atoms with E-state index in [1.807, 2.05) is 18.8 Å². The molecule has 0 aromatic rings. The van der Waals surface area contributed by atoms with Gasteiger partial charge in [0.2, 0.25) is 0 Å². The molecule has 0 aliphatic heterocycles. The van der Waals surface area contributed by atoms with Crippen LogP contribution < -0.4 is 10.6 Å². The van der Waals surface area contributed by atoms with E-state index in [0.717, 1.165) is 25.6 Å². The van der Waals surface area contributed by atoms with Crippen molar-refractivity contribution >= 4 is 41.7 Å². The molecule has 0 saturated carbocycles. The van der Waals surface area contributed by atoms with Gasteiger partial charge in [-0.25, -0.2) is 0 Å². The average molecular weight is 402 g/mol. The van der Waals surface area contributed by atoms with Crippen molar-refractivity contribution in [1.29, 1.82) is 0 Å². The topological polar surface area (TPSA) is 39.7 Å². The fourth-order valence-corrected chi connectivity index (χ4v) is 1.90. The lowest BCUT2D eigenvalue weighted by Gasteiger charge is -2.21. The molecule has 19 heavy (non-hydrogen) atoms. The smallest absolute Gasteiger partial charge is 0.191 e. The standard InChI is InChI=1S/C13H30N4S.HI/c1-12(2)17(4)10-9-16-13(14-3)15-8-6-7-11-18-5;/h12H,6-11H2,1-5H3,(H2,14,15,16);1H. The van der Waals surface area contributed by atoms with E-state index in [0.29, 0.717) is 6.04 Å². The second-order valence-electron chi connectivity index (χ2n) is 4.70. The molecule has 0 heterocycles. The van der Waals surface area contributed by atoms with E-state index < -0.39 is 0 Å². The molecule has 6 heteroatoms. The number of rotatable bonds is 9. The molecule has 0 spiro atoms. The second kappa shape index (κ2) is 14.7. The molecule has 0 amide bonds. The van der Waals surface area contributed by atoms with Gasteiger partial charge in [-0.15, -0.1) is 24.0 Å². The maximum absolute atomic E-state index is 4.22. The summed E-state index contributed by atoms with van der Waals surface area (Å²) < 4.78 is 0. The van der Waals surface area contributed by atoms with Crippen LogP contribution in [0.25, 0.3) is 0 Å². The van der Waals surface area contributed by atoms with Crippen molar-refractivity contribution in [3.05, 3.63) is 0 Å². The van der Waals surface area contributed by atoms with Gasteiger partial charge in [-0.2, -0.15) is 11.8 Å². The molecule has 0 fully saturated rings. The van der Waals surface area contributed by atoms with Gasteiger partial charge in [-0.3, -0.25) is 4.99 Å². The van der Waals surface area contributed by atoms with E-state index >= 15 is 0 Å². The lowest BCUT2D eigenvalue weighted by molar-refractivity contribution is 0.278. The molecule has 0 unspecified atom stereocenters. The Balaban J connectivity index is 0. The predicted molar refractivity (Wildman–Crippen MR) is 100 cm³/mol. The molecule has 0 bridgehead atoms. The lowest BCUT2D eigenvalue weighted by atomic mass is 10.3. The number of aliphatic imine (C=N–C) groups is 1. The Morgan fingerprint density at radius 1 is 1.21 bits per heavy atom. The first kappa shape index (κ1) is 21.6. The molecule has 0 aliphatic rings. The fourth-order valence-electron chi connectivity index (χ4n) is 1.41. The summed E-state index contributed by atoms with van der Waals surface area (Å²) in [7, 11) is 3.97. The Morgan fingerprint density at radius 2 is 1.84 bits per heavy atom. The van der Waals surface area contributed by atoms with Crippen LogP contribution in [0.1, 0.15) is 26.7 Å². The summed E-state index contributed by atoms with van der Waals surface area (Å²) in [5.74, 6) is 2.16. The first-order valence-electron chi connectivity index (χ1n) is 6.75. The summed E-state index contributed by atoms with van der Waals surface area (Å²) in [6.07, 6.45) is 4.62. The number of hydrogen-bond acceptors (Lipinski definition) is 3. The van der Waals surface area contributed by atoms with Gasteiger partial charge in [0, 0.05) is 32.7 Å². The minimum atomic E-state index is 0. The molecule has 2 N–H and O–H groups in total.